The van der Waals surface area contributed by atoms with E-state index in [2.05, 4.69) is 5.32 Å². The molecule has 2 aromatic carbocycles. The Morgan fingerprint density at radius 3 is 2.50 bits per heavy atom. The van der Waals surface area contributed by atoms with Gasteiger partial charge in [0.2, 0.25) is 5.91 Å². The molecule has 5 nitrogen and oxygen atoms in total. The zero-order chi connectivity index (χ0) is 19.1. The van der Waals surface area contributed by atoms with E-state index in [-0.39, 0.29) is 11.6 Å². The summed E-state index contributed by atoms with van der Waals surface area (Å²) in [6.45, 7) is 2.46. The Balaban J connectivity index is 1.93. The summed E-state index contributed by atoms with van der Waals surface area (Å²) >= 11 is 0. The number of ether oxygens (including phenoxy) is 2. The molecule has 1 N–H and O–H groups in total. The van der Waals surface area contributed by atoms with Crippen LogP contribution in [0.5, 0.6) is 11.5 Å². The molecule has 140 valence electrons. The van der Waals surface area contributed by atoms with E-state index < -0.39 is 11.9 Å². The largest absolute Gasteiger partial charge is 0.493 e. The number of hydrogen-bond acceptors (Lipinski definition) is 4. The van der Waals surface area contributed by atoms with Gasteiger partial charge in [-0.3, -0.25) is 9.69 Å². The Labute approximate surface area is 153 Å². The number of para-hydroxylation sites is 1. The van der Waals surface area contributed by atoms with Crippen molar-refractivity contribution in [1.82, 2.24) is 4.90 Å². The Hall–Kier alpha value is -2.60. The van der Waals surface area contributed by atoms with Gasteiger partial charge in [-0.2, -0.15) is 0 Å². The highest BCUT2D eigenvalue weighted by molar-refractivity contribution is 5.94. The van der Waals surface area contributed by atoms with Crippen LogP contribution >= 0.6 is 0 Å². The van der Waals surface area contributed by atoms with Gasteiger partial charge in [-0.15, -0.1) is 0 Å². The molecule has 26 heavy (non-hydrogen) atoms. The third kappa shape index (κ3) is 4.95. The van der Waals surface area contributed by atoms with Gasteiger partial charge >= 0.3 is 0 Å². The molecular formula is C20H25FN2O3. The molecule has 0 unspecified atom stereocenters. The summed E-state index contributed by atoms with van der Waals surface area (Å²) in [5.41, 5.74) is 1.27. The Morgan fingerprint density at radius 1 is 1.15 bits per heavy atom. The number of carbonyl (C=O) groups excluding carboxylic acids is 1. The fraction of sp³-hybridized carbons (Fsp3) is 0.350. The number of nitrogens with one attached hydrogen (secondary N) is 1. The lowest BCUT2D eigenvalue weighted by Gasteiger charge is -2.24. The van der Waals surface area contributed by atoms with Crippen molar-refractivity contribution in [3.05, 3.63) is 53.8 Å². The molecule has 0 aromatic heterocycles. The number of methoxy groups -OCH3 is 2. The highest BCUT2D eigenvalue weighted by atomic mass is 19.1. The zero-order valence-corrected chi connectivity index (χ0v) is 15.6. The lowest BCUT2D eigenvalue weighted by molar-refractivity contribution is -0.120. The van der Waals surface area contributed by atoms with E-state index in [1.54, 1.807) is 39.3 Å². The maximum atomic E-state index is 13.7. The van der Waals surface area contributed by atoms with E-state index >= 15 is 0 Å². The van der Waals surface area contributed by atoms with E-state index in [1.165, 1.54) is 6.07 Å². The van der Waals surface area contributed by atoms with Crippen molar-refractivity contribution < 1.29 is 18.7 Å². The smallest absolute Gasteiger partial charge is 0.241 e. The third-order valence-electron chi connectivity index (χ3n) is 4.37. The fourth-order valence-electron chi connectivity index (χ4n) is 2.54. The van der Waals surface area contributed by atoms with Crippen LogP contribution in [0.1, 0.15) is 12.5 Å². The number of amides is 1. The predicted octanol–water partition coefficient (Wildman–Crippen LogP) is 3.34. The van der Waals surface area contributed by atoms with Gasteiger partial charge in [0.15, 0.2) is 11.5 Å². The average Bonchev–Trinajstić information content (AvgIpc) is 2.66. The Bertz CT molecular complexity index is 752. The second kappa shape index (κ2) is 9.20. The number of halogens is 1. The van der Waals surface area contributed by atoms with Gasteiger partial charge in [0, 0.05) is 6.54 Å². The molecule has 1 atom stereocenters. The van der Waals surface area contributed by atoms with Gasteiger partial charge in [0.25, 0.3) is 0 Å². The van der Waals surface area contributed by atoms with Gasteiger partial charge in [0.05, 0.1) is 25.9 Å². The zero-order valence-electron chi connectivity index (χ0n) is 15.6. The normalized spacial score (nSPS) is 11.9. The monoisotopic (exact) mass is 360 g/mol. The standard InChI is InChI=1S/C20H25FN2O3/c1-14(20(24)22-17-8-6-5-7-16(17)21)23(2)12-11-15-9-10-18(25-3)19(13-15)26-4/h5-10,13-14H,11-12H2,1-4H3,(H,22,24)/t14-/m0/s1. The first-order chi connectivity index (χ1) is 12.5. The lowest BCUT2D eigenvalue weighted by atomic mass is 10.1. The van der Waals surface area contributed by atoms with Crippen molar-refractivity contribution in [3.63, 3.8) is 0 Å². The number of rotatable bonds is 8. The van der Waals surface area contributed by atoms with Crippen molar-refractivity contribution >= 4 is 11.6 Å². The van der Waals surface area contributed by atoms with Crippen LogP contribution in [0.2, 0.25) is 0 Å². The van der Waals surface area contributed by atoms with Crippen LogP contribution in [0, 0.1) is 5.82 Å². The van der Waals surface area contributed by atoms with Crippen LogP contribution in [-0.4, -0.2) is 44.7 Å². The molecule has 0 saturated carbocycles. The van der Waals surface area contributed by atoms with E-state index in [1.807, 2.05) is 30.1 Å². The molecular weight excluding hydrogens is 335 g/mol. The van der Waals surface area contributed by atoms with E-state index in [4.69, 9.17) is 9.47 Å². The third-order valence-corrected chi connectivity index (χ3v) is 4.37. The summed E-state index contributed by atoms with van der Waals surface area (Å²) in [5.74, 6) is 0.672. The number of likely N-dealkylation sites (N-methyl/N-ethyl adjacent to an activating group) is 1. The molecule has 2 rings (SSSR count). The molecule has 6 heteroatoms. The van der Waals surface area contributed by atoms with Crippen molar-refractivity contribution in [2.24, 2.45) is 0 Å². The van der Waals surface area contributed by atoms with Gasteiger partial charge in [0.1, 0.15) is 5.82 Å². The van der Waals surface area contributed by atoms with Crippen LogP contribution in [0.25, 0.3) is 0 Å². The number of hydrogen-bond donors (Lipinski definition) is 1. The summed E-state index contributed by atoms with van der Waals surface area (Å²) < 4.78 is 24.2. The van der Waals surface area contributed by atoms with Crippen LogP contribution in [0.4, 0.5) is 10.1 Å². The van der Waals surface area contributed by atoms with Crippen LogP contribution in [0.3, 0.4) is 0 Å². The van der Waals surface area contributed by atoms with Crippen molar-refractivity contribution in [3.8, 4) is 11.5 Å². The summed E-state index contributed by atoms with van der Waals surface area (Å²) in [5, 5.41) is 2.63. The van der Waals surface area contributed by atoms with E-state index in [0.717, 1.165) is 12.0 Å². The van der Waals surface area contributed by atoms with Crippen LogP contribution < -0.4 is 14.8 Å². The average molecular weight is 360 g/mol. The number of anilines is 1. The highest BCUT2D eigenvalue weighted by Crippen LogP contribution is 2.27. The molecule has 0 aliphatic rings. The molecule has 0 saturated heterocycles. The van der Waals surface area contributed by atoms with E-state index in [0.29, 0.717) is 18.0 Å². The van der Waals surface area contributed by atoms with Crippen molar-refractivity contribution in [2.45, 2.75) is 19.4 Å². The molecule has 0 aliphatic heterocycles. The van der Waals surface area contributed by atoms with Gasteiger partial charge in [-0.25, -0.2) is 4.39 Å². The summed E-state index contributed by atoms with van der Waals surface area (Å²) in [7, 11) is 5.07. The quantitative estimate of drug-likeness (QED) is 0.784. The maximum Gasteiger partial charge on any atom is 0.241 e. The van der Waals surface area contributed by atoms with Gasteiger partial charge in [-0.05, 0) is 50.2 Å². The van der Waals surface area contributed by atoms with Crippen molar-refractivity contribution in [2.75, 3.05) is 33.1 Å². The fourth-order valence-corrected chi connectivity index (χ4v) is 2.54. The summed E-state index contributed by atoms with van der Waals surface area (Å²) in [6.07, 6.45) is 0.744. The first-order valence-corrected chi connectivity index (χ1v) is 8.42. The molecule has 0 spiro atoms. The van der Waals surface area contributed by atoms with Gasteiger partial charge in [-0.1, -0.05) is 18.2 Å². The maximum absolute atomic E-state index is 13.7. The summed E-state index contributed by atoms with van der Waals surface area (Å²) in [6, 6.07) is 11.5. The lowest BCUT2D eigenvalue weighted by Crippen LogP contribution is -2.40. The number of nitrogens with zero attached hydrogens (tertiary/aromatic N) is 1. The number of benzene rings is 2. The summed E-state index contributed by atoms with van der Waals surface area (Å²) in [4.78, 5) is 14.3. The predicted molar refractivity (Wildman–Crippen MR) is 100 cm³/mol. The molecule has 0 fully saturated rings. The first-order valence-electron chi connectivity index (χ1n) is 8.42. The molecule has 2 aromatic rings. The minimum atomic E-state index is -0.443. The minimum absolute atomic E-state index is 0.192. The second-order valence-corrected chi connectivity index (χ2v) is 6.07. The van der Waals surface area contributed by atoms with E-state index in [9.17, 15) is 9.18 Å². The molecule has 1 amide bonds. The first kappa shape index (κ1) is 19.7. The van der Waals surface area contributed by atoms with Gasteiger partial charge < -0.3 is 14.8 Å². The Kier molecular flexibility index (Phi) is 6.97. The minimum Gasteiger partial charge on any atom is -0.493 e. The highest BCUT2D eigenvalue weighted by Gasteiger charge is 2.19. The molecule has 0 bridgehead atoms. The van der Waals surface area contributed by atoms with Crippen LogP contribution in [-0.2, 0) is 11.2 Å². The van der Waals surface area contributed by atoms with Crippen LogP contribution in [0.15, 0.2) is 42.5 Å². The molecule has 0 radical (unpaired) electrons. The van der Waals surface area contributed by atoms with Crippen molar-refractivity contribution in [1.29, 1.82) is 0 Å². The molecule has 0 aliphatic carbocycles. The second-order valence-electron chi connectivity index (χ2n) is 6.07. The Morgan fingerprint density at radius 2 is 1.85 bits per heavy atom. The number of carbonyl (C=O) groups is 1. The topological polar surface area (TPSA) is 50.8 Å². The SMILES string of the molecule is COc1ccc(CCN(C)[C@@H](C)C(=O)Nc2ccccc2F)cc1OC. The molecule has 0 heterocycles.